The third kappa shape index (κ3) is 19.2. The van der Waals surface area contributed by atoms with Gasteiger partial charge in [0.1, 0.15) is 0 Å². The second-order valence-electron chi connectivity index (χ2n) is 2.06. The molecule has 68 valence electrons. The van der Waals surface area contributed by atoms with Gasteiger partial charge in [-0.2, -0.15) is 0 Å². The first kappa shape index (κ1) is 16.2. The summed E-state index contributed by atoms with van der Waals surface area (Å²) < 4.78 is 34.1. The van der Waals surface area contributed by atoms with E-state index in [1.54, 1.807) is 0 Å². The van der Waals surface area contributed by atoms with Gasteiger partial charge >= 0.3 is 51.4 Å². The van der Waals surface area contributed by atoms with E-state index in [1.807, 2.05) is 18.2 Å². The Balaban J connectivity index is 0. The molecule has 0 radical (unpaired) electrons. The second kappa shape index (κ2) is 8.07. The van der Waals surface area contributed by atoms with Crippen LogP contribution in [0.4, 0.5) is 0 Å². The number of hydrogen-bond donors (Lipinski definition) is 0. The molecule has 4 nitrogen and oxygen atoms in total. The van der Waals surface area contributed by atoms with Crippen molar-refractivity contribution in [2.75, 3.05) is 0 Å². The largest absolute Gasteiger partial charge is 1.00 e. The zero-order chi connectivity index (χ0) is 9.61. The van der Waals surface area contributed by atoms with Crippen molar-refractivity contribution in [2.45, 2.75) is 6.92 Å². The van der Waals surface area contributed by atoms with Gasteiger partial charge in [-0.3, -0.25) is 8.42 Å². The van der Waals surface area contributed by atoms with Crippen molar-refractivity contribution in [1.82, 2.24) is 0 Å². The maximum atomic E-state index is 8.52. The predicted octanol–water partition coefficient (Wildman–Crippen LogP) is -2.34. The Bertz CT molecular complexity index is 301. The average Bonchev–Trinajstić information content (AvgIpc) is 1.85. The maximum Gasteiger partial charge on any atom is 1.00 e. The predicted molar refractivity (Wildman–Crippen MR) is 41.7 cm³/mol. The van der Waals surface area contributed by atoms with Gasteiger partial charge in [-0.15, -0.1) is 0 Å². The second-order valence-corrected chi connectivity index (χ2v) is 2.88. The fourth-order valence-electron chi connectivity index (χ4n) is 0.534. The van der Waals surface area contributed by atoms with Gasteiger partial charge in [0.15, 0.2) is 0 Å². The van der Waals surface area contributed by atoms with Crippen LogP contribution in [0.2, 0.25) is 0 Å². The number of rotatable bonds is 0. The van der Waals surface area contributed by atoms with Crippen molar-refractivity contribution in [2.24, 2.45) is 0 Å². The zero-order valence-corrected chi connectivity index (χ0v) is 11.4. The molecule has 13 heavy (non-hydrogen) atoms. The Hall–Kier alpha value is 0.726. The van der Waals surface area contributed by atoms with E-state index in [-0.39, 0.29) is 51.4 Å². The fraction of sp³-hybridized carbons (Fsp3) is 0.143. The first-order valence-corrected chi connectivity index (χ1v) is 4.41. The molecule has 0 N–H and O–H groups in total. The fourth-order valence-corrected chi connectivity index (χ4v) is 0.534. The van der Waals surface area contributed by atoms with Crippen LogP contribution < -0.4 is 51.4 Å². The van der Waals surface area contributed by atoms with Crippen LogP contribution in [0.1, 0.15) is 5.56 Å². The molecule has 1 rings (SSSR count). The van der Waals surface area contributed by atoms with Gasteiger partial charge in [-0.25, -0.2) is 0 Å². The molecule has 0 saturated carbocycles. The minimum absolute atomic E-state index is 0. The molecule has 0 atom stereocenters. The van der Waals surface area contributed by atoms with Crippen molar-refractivity contribution < 1.29 is 68.9 Å². The van der Waals surface area contributed by atoms with E-state index in [0.29, 0.717) is 0 Å². The summed E-state index contributed by atoms with van der Waals surface area (Å²) in [5.74, 6) is 0. The quantitative estimate of drug-likeness (QED) is 0.283. The van der Waals surface area contributed by atoms with E-state index in [9.17, 15) is 0 Å². The Morgan fingerprint density at radius 2 is 1.38 bits per heavy atom. The molecule has 0 saturated heterocycles. The van der Waals surface area contributed by atoms with E-state index in [1.165, 1.54) is 5.56 Å². The van der Waals surface area contributed by atoms with Crippen LogP contribution in [0.15, 0.2) is 30.3 Å². The van der Waals surface area contributed by atoms with E-state index in [2.05, 4.69) is 19.1 Å². The van der Waals surface area contributed by atoms with Crippen molar-refractivity contribution in [1.29, 1.82) is 0 Å². The molecule has 0 fully saturated rings. The van der Waals surface area contributed by atoms with E-state index in [0.717, 1.165) is 0 Å². The molecule has 0 aliphatic carbocycles. The van der Waals surface area contributed by atoms with E-state index < -0.39 is 10.4 Å². The van der Waals surface area contributed by atoms with Crippen LogP contribution in [0.5, 0.6) is 0 Å². The average molecular weight is 227 g/mol. The smallest absolute Gasteiger partial charge is 0.759 e. The van der Waals surface area contributed by atoms with Gasteiger partial charge in [0.2, 0.25) is 0 Å². The molecule has 0 amide bonds. The third-order valence-electron chi connectivity index (χ3n) is 0.940. The minimum Gasteiger partial charge on any atom is -0.759 e. The third-order valence-corrected chi connectivity index (χ3v) is 0.940. The SMILES string of the molecule is Cc1ccccc1.O=S(=O)([O-])[O-].[K+]. The van der Waals surface area contributed by atoms with Gasteiger partial charge in [0.05, 0.1) is 0 Å². The van der Waals surface area contributed by atoms with E-state index >= 15 is 0 Å². The summed E-state index contributed by atoms with van der Waals surface area (Å²) in [6.07, 6.45) is 0. The Labute approximate surface area is 120 Å². The van der Waals surface area contributed by atoms with Crippen LogP contribution in [0.25, 0.3) is 0 Å². The molecule has 6 heteroatoms. The van der Waals surface area contributed by atoms with Crippen LogP contribution >= 0.6 is 0 Å². The van der Waals surface area contributed by atoms with E-state index in [4.69, 9.17) is 17.5 Å². The monoisotopic (exact) mass is 227 g/mol. The van der Waals surface area contributed by atoms with Crippen molar-refractivity contribution in [3.8, 4) is 0 Å². The van der Waals surface area contributed by atoms with Gasteiger partial charge in [0, 0.05) is 10.4 Å². The first-order valence-electron chi connectivity index (χ1n) is 3.08. The summed E-state index contributed by atoms with van der Waals surface area (Å²) in [7, 11) is -5.17. The van der Waals surface area contributed by atoms with Crippen molar-refractivity contribution >= 4 is 10.4 Å². The molecule has 0 aromatic heterocycles. The van der Waals surface area contributed by atoms with Crippen LogP contribution in [0.3, 0.4) is 0 Å². The minimum atomic E-state index is -5.17. The first-order chi connectivity index (χ1) is 5.39. The zero-order valence-electron chi connectivity index (χ0n) is 7.43. The standard InChI is InChI=1S/C7H8.K.H2O4S/c1-7-5-3-2-4-6-7;;1-5(2,3)4/h2-6H,1H3;;(H2,1,2,3,4)/q;+1;/p-2. The Morgan fingerprint density at radius 3 is 1.54 bits per heavy atom. The molecule has 0 unspecified atom stereocenters. The van der Waals surface area contributed by atoms with Crippen molar-refractivity contribution in [3.63, 3.8) is 0 Å². The molecule has 0 aliphatic heterocycles. The number of benzene rings is 1. The Kier molecular flexibility index (Phi) is 10.0. The Morgan fingerprint density at radius 1 is 1.08 bits per heavy atom. The summed E-state index contributed by atoms with van der Waals surface area (Å²) in [6, 6.07) is 10.3. The van der Waals surface area contributed by atoms with Gasteiger partial charge in [-0.1, -0.05) is 35.9 Å². The molecule has 1 aromatic rings. The number of aryl methyl sites for hydroxylation is 1. The molecule has 0 spiro atoms. The molecular formula is C7H8KO4S-. The molecular weight excluding hydrogens is 219 g/mol. The van der Waals surface area contributed by atoms with Gasteiger partial charge in [0.25, 0.3) is 0 Å². The van der Waals surface area contributed by atoms with Crippen LogP contribution in [-0.2, 0) is 10.4 Å². The number of hydrogen-bond acceptors (Lipinski definition) is 4. The van der Waals surface area contributed by atoms with Gasteiger partial charge < -0.3 is 9.11 Å². The normalized spacial score (nSPS) is 9.15. The molecule has 0 aliphatic rings. The van der Waals surface area contributed by atoms with Crippen molar-refractivity contribution in [3.05, 3.63) is 35.9 Å². The van der Waals surface area contributed by atoms with Gasteiger partial charge in [-0.05, 0) is 6.92 Å². The summed E-state index contributed by atoms with van der Waals surface area (Å²) >= 11 is 0. The summed E-state index contributed by atoms with van der Waals surface area (Å²) in [5.41, 5.74) is 1.32. The topological polar surface area (TPSA) is 80.3 Å². The summed E-state index contributed by atoms with van der Waals surface area (Å²) in [5, 5.41) is 0. The molecule has 1 aromatic carbocycles. The molecule has 0 bridgehead atoms. The van der Waals surface area contributed by atoms with Crippen LogP contribution in [0, 0.1) is 6.92 Å². The maximum absolute atomic E-state index is 8.52. The summed E-state index contributed by atoms with van der Waals surface area (Å²) in [6.45, 7) is 2.08. The summed E-state index contributed by atoms with van der Waals surface area (Å²) in [4.78, 5) is 0. The van der Waals surface area contributed by atoms with Crippen LogP contribution in [-0.4, -0.2) is 17.5 Å². The molecule has 0 heterocycles.